The number of carbonyl (C=O) groups excluding carboxylic acids is 2. The second kappa shape index (κ2) is 12.4. The largest absolute Gasteiger partial charge is 0.379 e. The summed E-state index contributed by atoms with van der Waals surface area (Å²) in [7, 11) is 0. The van der Waals surface area contributed by atoms with Gasteiger partial charge in [0.15, 0.2) is 11.6 Å². The van der Waals surface area contributed by atoms with Crippen LogP contribution in [-0.2, 0) is 16.0 Å². The highest BCUT2D eigenvalue weighted by Crippen LogP contribution is 2.16. The summed E-state index contributed by atoms with van der Waals surface area (Å²) in [6.07, 6.45) is 3.11. The van der Waals surface area contributed by atoms with Gasteiger partial charge >= 0.3 is 0 Å². The summed E-state index contributed by atoms with van der Waals surface area (Å²) in [6.45, 7) is 7.47. The van der Waals surface area contributed by atoms with Crippen LogP contribution in [0.25, 0.3) is 0 Å². The molecule has 0 saturated carbocycles. The third kappa shape index (κ3) is 7.48. The van der Waals surface area contributed by atoms with Crippen LogP contribution in [0, 0.1) is 11.6 Å². The average molecular weight is 475 g/mol. The van der Waals surface area contributed by atoms with E-state index in [0.29, 0.717) is 56.9 Å². The zero-order valence-corrected chi connectivity index (χ0v) is 19.7. The lowest BCUT2D eigenvalue weighted by Crippen LogP contribution is -2.49. The van der Waals surface area contributed by atoms with Crippen LogP contribution >= 0.6 is 0 Å². The summed E-state index contributed by atoms with van der Waals surface area (Å²) in [5.41, 5.74) is 1.10. The van der Waals surface area contributed by atoms with Gasteiger partial charge in [0.1, 0.15) is 5.82 Å². The van der Waals surface area contributed by atoms with Crippen LogP contribution in [0.3, 0.4) is 0 Å². The molecule has 1 saturated heterocycles. The van der Waals surface area contributed by atoms with Crippen molar-refractivity contribution in [1.82, 2.24) is 15.2 Å². The van der Waals surface area contributed by atoms with Crippen LogP contribution in [0.15, 0.2) is 36.5 Å². The Morgan fingerprint density at radius 2 is 1.85 bits per heavy atom. The summed E-state index contributed by atoms with van der Waals surface area (Å²) in [5.74, 6) is -1.20. The van der Waals surface area contributed by atoms with Gasteiger partial charge in [-0.1, -0.05) is 6.07 Å². The lowest BCUT2D eigenvalue weighted by atomic mass is 10.1. The SMILES string of the molecule is CC(C)OCCCNC(=O)c1ccc(N2CCN(C(=O)CCc3ccc(F)c(F)c3)CC2)nc1. The van der Waals surface area contributed by atoms with E-state index in [4.69, 9.17) is 4.74 Å². The van der Waals surface area contributed by atoms with Gasteiger partial charge in [0.05, 0.1) is 11.7 Å². The van der Waals surface area contributed by atoms with E-state index in [2.05, 4.69) is 15.2 Å². The molecule has 7 nitrogen and oxygen atoms in total. The molecular formula is C25H32F2N4O3. The third-order valence-electron chi connectivity index (χ3n) is 5.64. The molecule has 1 N–H and O–H groups in total. The zero-order valence-electron chi connectivity index (χ0n) is 19.7. The van der Waals surface area contributed by atoms with E-state index in [1.54, 1.807) is 17.2 Å². The molecular weight excluding hydrogens is 442 g/mol. The molecule has 0 aliphatic carbocycles. The minimum Gasteiger partial charge on any atom is -0.379 e. The Hall–Kier alpha value is -3.07. The summed E-state index contributed by atoms with van der Waals surface area (Å²) in [4.78, 5) is 33.1. The van der Waals surface area contributed by atoms with Gasteiger partial charge in [-0.15, -0.1) is 0 Å². The molecule has 2 amide bonds. The van der Waals surface area contributed by atoms with Crippen molar-refractivity contribution in [3.63, 3.8) is 0 Å². The van der Waals surface area contributed by atoms with Crippen LogP contribution in [-0.4, -0.2) is 67.1 Å². The van der Waals surface area contributed by atoms with E-state index in [1.807, 2.05) is 19.9 Å². The fourth-order valence-electron chi connectivity index (χ4n) is 3.69. The van der Waals surface area contributed by atoms with Crippen molar-refractivity contribution in [1.29, 1.82) is 0 Å². The predicted octanol–water partition coefficient (Wildman–Crippen LogP) is 3.19. The molecule has 2 aromatic rings. The first-order valence-corrected chi connectivity index (χ1v) is 11.7. The van der Waals surface area contributed by atoms with Crippen molar-refractivity contribution >= 4 is 17.6 Å². The van der Waals surface area contributed by atoms with Gasteiger partial charge in [0, 0.05) is 51.9 Å². The van der Waals surface area contributed by atoms with E-state index in [-0.39, 0.29) is 24.3 Å². The first kappa shape index (κ1) is 25.6. The normalized spacial score (nSPS) is 13.9. The number of pyridine rings is 1. The summed E-state index contributed by atoms with van der Waals surface area (Å²) in [6, 6.07) is 7.29. The van der Waals surface area contributed by atoms with E-state index >= 15 is 0 Å². The lowest BCUT2D eigenvalue weighted by molar-refractivity contribution is -0.131. The van der Waals surface area contributed by atoms with Gasteiger partial charge in [0.25, 0.3) is 5.91 Å². The molecule has 1 aromatic carbocycles. The van der Waals surface area contributed by atoms with Crippen molar-refractivity contribution in [2.45, 2.75) is 39.2 Å². The molecule has 0 atom stereocenters. The molecule has 2 heterocycles. The van der Waals surface area contributed by atoms with Gasteiger partial charge in [-0.25, -0.2) is 13.8 Å². The number of hydrogen-bond donors (Lipinski definition) is 1. The molecule has 184 valence electrons. The number of aryl methyl sites for hydroxylation is 1. The van der Waals surface area contributed by atoms with Crippen LogP contribution in [0.5, 0.6) is 0 Å². The van der Waals surface area contributed by atoms with Crippen molar-refractivity contribution in [2.75, 3.05) is 44.2 Å². The molecule has 1 fully saturated rings. The highest BCUT2D eigenvalue weighted by molar-refractivity contribution is 5.94. The van der Waals surface area contributed by atoms with E-state index in [0.717, 1.165) is 24.4 Å². The van der Waals surface area contributed by atoms with E-state index < -0.39 is 11.6 Å². The van der Waals surface area contributed by atoms with E-state index in [9.17, 15) is 18.4 Å². The number of amides is 2. The van der Waals surface area contributed by atoms with Gasteiger partial charge < -0.3 is 19.9 Å². The zero-order chi connectivity index (χ0) is 24.5. The Morgan fingerprint density at radius 1 is 1.09 bits per heavy atom. The molecule has 0 radical (unpaired) electrons. The molecule has 3 rings (SSSR count). The van der Waals surface area contributed by atoms with Gasteiger partial charge in [-0.3, -0.25) is 9.59 Å². The number of hydrogen-bond acceptors (Lipinski definition) is 5. The fourth-order valence-corrected chi connectivity index (χ4v) is 3.69. The number of aromatic nitrogens is 1. The second-order valence-corrected chi connectivity index (χ2v) is 8.55. The maximum atomic E-state index is 13.3. The van der Waals surface area contributed by atoms with Gasteiger partial charge in [0.2, 0.25) is 5.91 Å². The maximum absolute atomic E-state index is 13.3. The Kier molecular flexibility index (Phi) is 9.33. The number of nitrogens with one attached hydrogen (secondary N) is 1. The number of piperazine rings is 1. The van der Waals surface area contributed by atoms with Crippen LogP contribution in [0.1, 0.15) is 42.6 Å². The number of ether oxygens (including phenoxy) is 1. The quantitative estimate of drug-likeness (QED) is 0.536. The number of rotatable bonds is 10. The molecule has 9 heteroatoms. The van der Waals surface area contributed by atoms with Crippen molar-refractivity contribution in [3.8, 4) is 0 Å². The number of anilines is 1. The lowest BCUT2D eigenvalue weighted by Gasteiger charge is -2.35. The van der Waals surface area contributed by atoms with Crippen LogP contribution in [0.4, 0.5) is 14.6 Å². The predicted molar refractivity (Wildman–Crippen MR) is 126 cm³/mol. The molecule has 0 bridgehead atoms. The van der Waals surface area contributed by atoms with E-state index in [1.165, 1.54) is 6.07 Å². The van der Waals surface area contributed by atoms with Crippen molar-refractivity contribution < 1.29 is 23.1 Å². The Balaban J connectivity index is 1.40. The smallest absolute Gasteiger partial charge is 0.252 e. The number of halogens is 2. The summed E-state index contributed by atoms with van der Waals surface area (Å²) >= 11 is 0. The van der Waals surface area contributed by atoms with Gasteiger partial charge in [-0.05, 0) is 56.5 Å². The Bertz CT molecular complexity index is 961. The summed E-state index contributed by atoms with van der Waals surface area (Å²) < 4.78 is 31.8. The molecule has 1 aliphatic rings. The second-order valence-electron chi connectivity index (χ2n) is 8.55. The topological polar surface area (TPSA) is 74.8 Å². The van der Waals surface area contributed by atoms with Crippen LogP contribution < -0.4 is 10.2 Å². The van der Waals surface area contributed by atoms with Gasteiger partial charge in [-0.2, -0.15) is 0 Å². The summed E-state index contributed by atoms with van der Waals surface area (Å²) in [5, 5.41) is 2.86. The molecule has 1 aliphatic heterocycles. The number of carbonyl (C=O) groups is 2. The first-order valence-electron chi connectivity index (χ1n) is 11.7. The standard InChI is InChI=1S/C25H32F2N4O3/c1-18(2)34-15-3-10-28-25(33)20-6-8-23(29-17-20)30-11-13-31(14-12-30)24(32)9-5-19-4-7-21(26)22(27)16-19/h4,6-8,16-18H,3,5,9-15H2,1-2H3,(H,28,33). The van der Waals surface area contributed by atoms with Crippen molar-refractivity contribution in [2.24, 2.45) is 0 Å². The molecule has 0 spiro atoms. The third-order valence-corrected chi connectivity index (χ3v) is 5.64. The monoisotopic (exact) mass is 474 g/mol. The van der Waals surface area contributed by atoms with Crippen LogP contribution in [0.2, 0.25) is 0 Å². The Morgan fingerprint density at radius 3 is 2.50 bits per heavy atom. The fraction of sp³-hybridized carbons (Fsp3) is 0.480. The average Bonchev–Trinajstić information content (AvgIpc) is 2.84. The molecule has 0 unspecified atom stereocenters. The maximum Gasteiger partial charge on any atom is 0.252 e. The number of benzene rings is 1. The Labute approximate surface area is 199 Å². The molecule has 34 heavy (non-hydrogen) atoms. The highest BCUT2D eigenvalue weighted by atomic mass is 19.2. The minimum atomic E-state index is -0.897. The number of nitrogens with zero attached hydrogens (tertiary/aromatic N) is 3. The molecule has 1 aromatic heterocycles. The minimum absolute atomic E-state index is 0.0110. The first-order chi connectivity index (χ1) is 16.3. The van der Waals surface area contributed by atoms with Crippen molar-refractivity contribution in [3.05, 3.63) is 59.3 Å². The highest BCUT2D eigenvalue weighted by Gasteiger charge is 2.22.